The maximum absolute atomic E-state index is 13.9. The number of fused-ring (bicyclic) bond motifs is 5. The average Bonchev–Trinajstić information content (AvgIpc) is 3.34. The Morgan fingerprint density at radius 1 is 1.08 bits per heavy atom. The van der Waals surface area contributed by atoms with Crippen molar-refractivity contribution in [2.75, 3.05) is 31.5 Å². The number of hydrogen-bond donors (Lipinski definition) is 2. The summed E-state index contributed by atoms with van der Waals surface area (Å²) >= 11 is 0. The molecule has 1 aliphatic carbocycles. The molecule has 1 atom stereocenters. The van der Waals surface area contributed by atoms with Gasteiger partial charge in [0.15, 0.2) is 18.5 Å². The summed E-state index contributed by atoms with van der Waals surface area (Å²) in [7, 11) is 0. The maximum Gasteiger partial charge on any atom is 0.348 e. The lowest BCUT2D eigenvalue weighted by Gasteiger charge is -2.51. The molecule has 3 saturated heterocycles. The van der Waals surface area contributed by atoms with E-state index >= 15 is 0 Å². The Kier molecular flexibility index (Phi) is 7.50. The Bertz CT molecular complexity index is 1360. The Hall–Kier alpha value is -3.27. The molecule has 3 aromatic rings. The molecular weight excluding hydrogens is 562 g/mol. The number of rotatable bonds is 6. The van der Waals surface area contributed by atoms with Crippen molar-refractivity contribution < 1.29 is 45.4 Å². The molecule has 0 saturated carbocycles. The zero-order valence-corrected chi connectivity index (χ0v) is 23.4. The molecule has 4 heterocycles. The smallest absolute Gasteiger partial charge is 0.348 e. The number of piperidine rings is 3. The monoisotopic (exact) mass is 593 g/mol. The molecule has 9 heteroatoms. The molecule has 2 N–H and O–H groups in total. The summed E-state index contributed by atoms with van der Waals surface area (Å²) in [5.74, 6) is 0.539. The van der Waals surface area contributed by atoms with Gasteiger partial charge in [0.1, 0.15) is 12.3 Å². The third kappa shape index (κ3) is 4.95. The van der Waals surface area contributed by atoms with Crippen molar-refractivity contribution in [3.8, 4) is 0 Å². The molecule has 7 rings (SSSR count). The number of quaternary nitrogens is 1. The van der Waals surface area contributed by atoms with Gasteiger partial charge >= 0.3 is 5.97 Å². The van der Waals surface area contributed by atoms with E-state index in [2.05, 4.69) is 10.5 Å². The highest BCUT2D eigenvalue weighted by Crippen LogP contribution is 2.41. The van der Waals surface area contributed by atoms with E-state index in [4.69, 9.17) is 9.26 Å². The molecule has 3 fully saturated rings. The Morgan fingerprint density at radius 3 is 2.28 bits per heavy atom. The molecule has 204 valence electrons. The number of aromatic nitrogens is 1. The van der Waals surface area contributed by atoms with Crippen molar-refractivity contribution in [3.63, 3.8) is 0 Å². The highest BCUT2D eigenvalue weighted by molar-refractivity contribution is 5.92. The fourth-order valence-electron chi connectivity index (χ4n) is 6.31. The van der Waals surface area contributed by atoms with Crippen LogP contribution in [0.25, 0.3) is 12.2 Å². The molecule has 3 aliphatic heterocycles. The summed E-state index contributed by atoms with van der Waals surface area (Å²) < 4.78 is 11.9. The van der Waals surface area contributed by atoms with E-state index in [9.17, 15) is 14.7 Å². The van der Waals surface area contributed by atoms with E-state index in [1.807, 2.05) is 55.5 Å². The zero-order valence-electron chi connectivity index (χ0n) is 21.8. The highest BCUT2D eigenvalue weighted by Gasteiger charge is 2.52. The number of ether oxygens (including phenoxy) is 1. The van der Waals surface area contributed by atoms with Gasteiger partial charge in [-0.3, -0.25) is 4.79 Å². The molecule has 2 aromatic carbocycles. The van der Waals surface area contributed by atoms with Crippen LogP contribution in [0.2, 0.25) is 0 Å². The number of esters is 1. The minimum Gasteiger partial charge on any atom is -1.00 e. The van der Waals surface area contributed by atoms with Gasteiger partial charge in [0.2, 0.25) is 5.60 Å². The largest absolute Gasteiger partial charge is 1.00 e. The van der Waals surface area contributed by atoms with Gasteiger partial charge < -0.3 is 41.1 Å². The second-order valence-electron chi connectivity index (χ2n) is 10.7. The lowest BCUT2D eigenvalue weighted by atomic mass is 9.81. The second-order valence-corrected chi connectivity index (χ2v) is 10.7. The first-order valence-corrected chi connectivity index (χ1v) is 13.3. The van der Waals surface area contributed by atoms with Gasteiger partial charge in [0.05, 0.1) is 13.1 Å². The summed E-state index contributed by atoms with van der Waals surface area (Å²) in [4.78, 5) is 26.9. The van der Waals surface area contributed by atoms with Gasteiger partial charge in [0, 0.05) is 42.4 Å². The predicted molar refractivity (Wildman–Crippen MR) is 142 cm³/mol. The molecule has 8 nitrogen and oxygen atoms in total. The van der Waals surface area contributed by atoms with Crippen LogP contribution in [-0.4, -0.2) is 58.9 Å². The number of nitrogens with one attached hydrogen (secondary N) is 1. The van der Waals surface area contributed by atoms with Crippen molar-refractivity contribution in [1.82, 2.24) is 5.16 Å². The average molecular weight is 595 g/mol. The van der Waals surface area contributed by atoms with Crippen molar-refractivity contribution in [1.29, 1.82) is 0 Å². The van der Waals surface area contributed by atoms with E-state index in [1.165, 1.54) is 0 Å². The summed E-state index contributed by atoms with van der Waals surface area (Å²) in [6.07, 6.45) is 5.89. The van der Waals surface area contributed by atoms with Crippen LogP contribution in [0.3, 0.4) is 0 Å². The van der Waals surface area contributed by atoms with Gasteiger partial charge in [-0.05, 0) is 11.1 Å². The number of halogens is 1. The van der Waals surface area contributed by atoms with Crippen LogP contribution < -0.4 is 22.3 Å². The summed E-state index contributed by atoms with van der Waals surface area (Å²) in [6, 6.07) is 16.5. The number of aryl methyl sites for hydroxylation is 1. The minimum atomic E-state index is -1.94. The van der Waals surface area contributed by atoms with E-state index < -0.39 is 11.6 Å². The topological polar surface area (TPSA) is 102 Å². The highest BCUT2D eigenvalue weighted by atomic mass is 79.9. The molecule has 2 bridgehead atoms. The SMILES string of the molecule is CCc1cc(NC(=O)C[N+]23CCC(CC2)[C@@H](OC(=O)C2(O)c4ccccc4C=Cc4ccccc42)C3)no1.[Br-]. The Labute approximate surface area is 238 Å². The van der Waals surface area contributed by atoms with Gasteiger partial charge in [-0.2, -0.15) is 0 Å². The number of benzene rings is 2. The van der Waals surface area contributed by atoms with Crippen LogP contribution in [0.15, 0.2) is 59.1 Å². The number of anilines is 1. The standard InChI is InChI=1S/C30H31N3O5.BrH/c1-2-23-17-27(32-38-23)31-28(34)19-33-15-13-22(14-16-33)26(18-33)37-29(35)30(36)24-9-5-3-7-20(24)11-12-21-8-4-6-10-25(21)30;/h3-12,17,22,26,36H,2,13-16,18-19H2,1H3;1H/t22?,26-,33?;/m0./s1. The molecule has 1 amide bonds. The molecule has 4 aliphatic rings. The van der Waals surface area contributed by atoms with Crippen LogP contribution in [0.5, 0.6) is 0 Å². The Balaban J connectivity index is 0.00000308. The zero-order chi connectivity index (χ0) is 26.3. The number of nitrogens with zero attached hydrogens (tertiary/aromatic N) is 2. The first-order valence-electron chi connectivity index (χ1n) is 13.3. The predicted octanol–water partition coefficient (Wildman–Crippen LogP) is 0.752. The quantitative estimate of drug-likeness (QED) is 0.323. The summed E-state index contributed by atoms with van der Waals surface area (Å²) in [5.41, 5.74) is 0.631. The van der Waals surface area contributed by atoms with Crippen LogP contribution >= 0.6 is 0 Å². The maximum atomic E-state index is 13.9. The molecule has 0 radical (unpaired) electrons. The molecule has 39 heavy (non-hydrogen) atoms. The van der Waals surface area contributed by atoms with Gasteiger partial charge in [-0.25, -0.2) is 4.79 Å². The molecule has 0 unspecified atom stereocenters. The van der Waals surface area contributed by atoms with Gasteiger partial charge in [0.25, 0.3) is 5.91 Å². The van der Waals surface area contributed by atoms with Crippen LogP contribution in [0.1, 0.15) is 47.8 Å². The van der Waals surface area contributed by atoms with Crippen molar-refractivity contribution in [2.24, 2.45) is 5.92 Å². The van der Waals surface area contributed by atoms with Crippen molar-refractivity contribution in [3.05, 3.63) is 82.6 Å². The minimum absolute atomic E-state index is 0. The lowest BCUT2D eigenvalue weighted by molar-refractivity contribution is -0.939. The number of aliphatic hydroxyl groups is 1. The lowest BCUT2D eigenvalue weighted by Crippen LogP contribution is -3.00. The summed E-state index contributed by atoms with van der Waals surface area (Å²) in [5, 5.41) is 18.9. The van der Waals surface area contributed by atoms with Crippen LogP contribution in [-0.2, 0) is 26.3 Å². The van der Waals surface area contributed by atoms with E-state index in [0.717, 1.165) is 37.1 Å². The fourth-order valence-corrected chi connectivity index (χ4v) is 6.31. The molecular formula is C30H32BrN3O5. The number of amides is 1. The first kappa shape index (κ1) is 27.3. The third-order valence-corrected chi connectivity index (χ3v) is 8.39. The van der Waals surface area contributed by atoms with E-state index in [0.29, 0.717) is 40.2 Å². The van der Waals surface area contributed by atoms with Gasteiger partial charge in [-0.1, -0.05) is 72.8 Å². The van der Waals surface area contributed by atoms with Crippen molar-refractivity contribution in [2.45, 2.75) is 37.9 Å². The fraction of sp³-hybridized carbons (Fsp3) is 0.367. The van der Waals surface area contributed by atoms with Crippen LogP contribution in [0.4, 0.5) is 5.82 Å². The summed E-state index contributed by atoms with van der Waals surface area (Å²) in [6.45, 7) is 4.48. The Morgan fingerprint density at radius 2 is 1.69 bits per heavy atom. The third-order valence-electron chi connectivity index (χ3n) is 8.39. The normalized spacial score (nSPS) is 24.1. The number of carbonyl (C=O) groups excluding carboxylic acids is 2. The number of carbonyl (C=O) groups is 2. The first-order chi connectivity index (χ1) is 18.4. The molecule has 0 spiro atoms. The van der Waals surface area contributed by atoms with Crippen molar-refractivity contribution >= 4 is 29.8 Å². The molecule has 1 aromatic heterocycles. The van der Waals surface area contributed by atoms with E-state index in [1.54, 1.807) is 18.2 Å². The number of hydrogen-bond acceptors (Lipinski definition) is 6. The van der Waals surface area contributed by atoms with E-state index in [-0.39, 0.29) is 41.5 Å². The van der Waals surface area contributed by atoms with Crippen LogP contribution in [0, 0.1) is 5.92 Å². The second kappa shape index (κ2) is 10.7. The van der Waals surface area contributed by atoms with Gasteiger partial charge in [-0.15, -0.1) is 0 Å².